The van der Waals surface area contributed by atoms with E-state index in [4.69, 9.17) is 11.5 Å². The lowest BCUT2D eigenvalue weighted by molar-refractivity contribution is 0.627. The summed E-state index contributed by atoms with van der Waals surface area (Å²) in [6.45, 7) is 3.12. The fraction of sp³-hybridized carbons (Fsp3) is 0.545. The van der Waals surface area contributed by atoms with Gasteiger partial charge in [0.05, 0.1) is 5.75 Å². The smallest absolute Gasteiger partial charge is 0.229 e. The summed E-state index contributed by atoms with van der Waals surface area (Å²) in [4.78, 5) is 14.3. The van der Waals surface area contributed by atoms with Crippen molar-refractivity contribution in [2.24, 2.45) is 5.73 Å². The van der Waals surface area contributed by atoms with Gasteiger partial charge < -0.3 is 20.9 Å². The van der Waals surface area contributed by atoms with Crippen LogP contribution in [0.2, 0.25) is 0 Å². The van der Waals surface area contributed by atoms with Crippen molar-refractivity contribution in [3.05, 3.63) is 11.6 Å². The van der Waals surface area contributed by atoms with Gasteiger partial charge in [-0.2, -0.15) is 15.0 Å². The molecule has 0 radical (unpaired) electrons. The Hall–Kier alpha value is -1.94. The highest BCUT2D eigenvalue weighted by atomic mass is 32.2. The summed E-state index contributed by atoms with van der Waals surface area (Å²) in [5.41, 5.74) is 11.3. The van der Waals surface area contributed by atoms with E-state index in [0.717, 1.165) is 11.0 Å². The maximum atomic E-state index is 5.70. The largest absolute Gasteiger partial charge is 0.368 e. The summed E-state index contributed by atoms with van der Waals surface area (Å²) >= 11 is 1.50. The van der Waals surface area contributed by atoms with Crippen molar-refractivity contribution in [2.75, 3.05) is 31.3 Å². The van der Waals surface area contributed by atoms with E-state index in [1.807, 2.05) is 25.6 Å². The molecular weight excluding hydrogens is 290 g/mol. The van der Waals surface area contributed by atoms with Crippen LogP contribution in [0.3, 0.4) is 0 Å². The first-order chi connectivity index (χ1) is 10.0. The third-order valence-electron chi connectivity index (χ3n) is 2.67. The molecule has 0 unspecified atom stereocenters. The first-order valence-corrected chi connectivity index (χ1v) is 7.40. The minimum Gasteiger partial charge on any atom is -0.368 e. The van der Waals surface area contributed by atoms with Crippen molar-refractivity contribution in [3.63, 3.8) is 0 Å². The number of nitrogen functional groups attached to an aromatic ring is 1. The maximum Gasteiger partial charge on any atom is 0.229 e. The second-order valence-corrected chi connectivity index (χ2v) is 5.51. The van der Waals surface area contributed by atoms with Crippen molar-refractivity contribution in [3.8, 4) is 0 Å². The number of anilines is 2. The number of aromatic nitrogens is 6. The van der Waals surface area contributed by atoms with E-state index in [9.17, 15) is 0 Å². The van der Waals surface area contributed by atoms with Gasteiger partial charge in [0.15, 0.2) is 5.16 Å². The molecular formula is C11H19N9S. The van der Waals surface area contributed by atoms with E-state index in [1.165, 1.54) is 11.8 Å². The zero-order valence-corrected chi connectivity index (χ0v) is 13.1. The zero-order valence-electron chi connectivity index (χ0n) is 12.3. The third kappa shape index (κ3) is 3.79. The molecule has 0 fully saturated rings. The van der Waals surface area contributed by atoms with Gasteiger partial charge in [-0.25, -0.2) is 0 Å². The van der Waals surface area contributed by atoms with Crippen LogP contribution in [0.1, 0.15) is 11.6 Å². The molecule has 21 heavy (non-hydrogen) atoms. The average molecular weight is 309 g/mol. The van der Waals surface area contributed by atoms with Crippen molar-refractivity contribution < 1.29 is 0 Å². The van der Waals surface area contributed by atoms with Crippen LogP contribution in [0.4, 0.5) is 11.9 Å². The van der Waals surface area contributed by atoms with Crippen molar-refractivity contribution >= 4 is 23.7 Å². The Labute approximate surface area is 127 Å². The van der Waals surface area contributed by atoms with E-state index in [-0.39, 0.29) is 5.95 Å². The Morgan fingerprint density at radius 3 is 2.62 bits per heavy atom. The predicted octanol–water partition coefficient (Wildman–Crippen LogP) is -0.329. The van der Waals surface area contributed by atoms with E-state index in [2.05, 4.69) is 25.1 Å². The SMILES string of the molecule is Cc1nnc(SCc2nc(N)nc(N(C)C)n2)n1CCN. The summed E-state index contributed by atoms with van der Waals surface area (Å²) in [6, 6.07) is 0. The average Bonchev–Trinajstić information content (AvgIpc) is 2.77. The lowest BCUT2D eigenvalue weighted by Crippen LogP contribution is -2.16. The highest BCUT2D eigenvalue weighted by Crippen LogP contribution is 2.21. The monoisotopic (exact) mass is 309 g/mol. The third-order valence-corrected chi connectivity index (χ3v) is 3.63. The minimum atomic E-state index is 0.212. The zero-order chi connectivity index (χ0) is 15.4. The highest BCUT2D eigenvalue weighted by Gasteiger charge is 2.11. The lowest BCUT2D eigenvalue weighted by Gasteiger charge is -2.11. The molecule has 2 aromatic rings. The summed E-state index contributed by atoms with van der Waals surface area (Å²) in [5, 5.41) is 8.99. The molecule has 0 aromatic carbocycles. The van der Waals surface area contributed by atoms with Crippen molar-refractivity contribution in [1.29, 1.82) is 0 Å². The topological polar surface area (TPSA) is 125 Å². The molecule has 114 valence electrons. The Morgan fingerprint density at radius 2 is 1.95 bits per heavy atom. The molecule has 10 heteroatoms. The predicted molar refractivity (Wildman–Crippen MR) is 81.9 cm³/mol. The maximum absolute atomic E-state index is 5.70. The molecule has 0 bridgehead atoms. The van der Waals surface area contributed by atoms with Crippen LogP contribution in [0.15, 0.2) is 5.16 Å². The lowest BCUT2D eigenvalue weighted by atomic mass is 10.6. The normalized spacial score (nSPS) is 10.9. The number of nitrogens with zero attached hydrogens (tertiary/aromatic N) is 7. The van der Waals surface area contributed by atoms with Crippen LogP contribution in [-0.2, 0) is 12.3 Å². The number of nitrogens with two attached hydrogens (primary N) is 2. The van der Waals surface area contributed by atoms with Gasteiger partial charge in [0.25, 0.3) is 0 Å². The Bertz CT molecular complexity index is 610. The Morgan fingerprint density at radius 1 is 1.19 bits per heavy atom. The summed E-state index contributed by atoms with van der Waals surface area (Å²) in [5.74, 6) is 2.74. The fourth-order valence-electron chi connectivity index (χ4n) is 1.67. The second kappa shape index (κ2) is 6.68. The van der Waals surface area contributed by atoms with Crippen molar-refractivity contribution in [2.45, 2.75) is 24.4 Å². The quantitative estimate of drug-likeness (QED) is 0.690. The van der Waals surface area contributed by atoms with Crippen LogP contribution in [0, 0.1) is 6.92 Å². The molecule has 0 saturated carbocycles. The second-order valence-electron chi connectivity index (χ2n) is 4.56. The van der Waals surface area contributed by atoms with Gasteiger partial charge in [-0.15, -0.1) is 10.2 Å². The minimum absolute atomic E-state index is 0.212. The van der Waals surface area contributed by atoms with E-state index >= 15 is 0 Å². The van der Waals surface area contributed by atoms with Gasteiger partial charge in [-0.1, -0.05) is 11.8 Å². The molecule has 4 N–H and O–H groups in total. The molecule has 2 rings (SSSR count). The number of thioether (sulfide) groups is 1. The molecule has 0 amide bonds. The molecule has 0 aliphatic rings. The molecule has 9 nitrogen and oxygen atoms in total. The molecule has 2 aromatic heterocycles. The van der Waals surface area contributed by atoms with E-state index < -0.39 is 0 Å². The van der Waals surface area contributed by atoms with E-state index in [0.29, 0.717) is 30.6 Å². The number of hydrogen-bond acceptors (Lipinski definition) is 9. The first kappa shape index (κ1) is 15.4. The summed E-state index contributed by atoms with van der Waals surface area (Å²) < 4.78 is 1.97. The van der Waals surface area contributed by atoms with Gasteiger partial charge in [0, 0.05) is 27.2 Å². The van der Waals surface area contributed by atoms with Crippen LogP contribution in [-0.4, -0.2) is 50.4 Å². The molecule has 0 atom stereocenters. The number of aryl methyl sites for hydroxylation is 1. The van der Waals surface area contributed by atoms with E-state index in [1.54, 1.807) is 4.90 Å². The Kier molecular flexibility index (Phi) is 4.91. The van der Waals surface area contributed by atoms with Crippen LogP contribution >= 0.6 is 11.8 Å². The van der Waals surface area contributed by atoms with Crippen LogP contribution < -0.4 is 16.4 Å². The molecule has 0 aliphatic heterocycles. The molecule has 0 spiro atoms. The van der Waals surface area contributed by atoms with Gasteiger partial charge >= 0.3 is 0 Å². The number of rotatable bonds is 6. The summed E-state index contributed by atoms with van der Waals surface area (Å²) in [7, 11) is 3.71. The van der Waals surface area contributed by atoms with Gasteiger partial charge in [0.2, 0.25) is 11.9 Å². The highest BCUT2D eigenvalue weighted by molar-refractivity contribution is 7.98. The van der Waals surface area contributed by atoms with Gasteiger partial charge in [0.1, 0.15) is 11.6 Å². The van der Waals surface area contributed by atoms with Crippen molar-refractivity contribution in [1.82, 2.24) is 29.7 Å². The standard InChI is InChI=1S/C11H19N9S/c1-7-17-18-11(20(7)5-4-12)21-6-8-14-9(13)16-10(15-8)19(2)3/h4-6,12H2,1-3H3,(H2,13,14,15,16). The molecule has 0 saturated heterocycles. The molecule has 0 aliphatic carbocycles. The van der Waals surface area contributed by atoms with Crippen LogP contribution in [0.5, 0.6) is 0 Å². The summed E-state index contributed by atoms with van der Waals surface area (Å²) in [6.07, 6.45) is 0. The van der Waals surface area contributed by atoms with Gasteiger partial charge in [-0.3, -0.25) is 0 Å². The van der Waals surface area contributed by atoms with Crippen LogP contribution in [0.25, 0.3) is 0 Å². The first-order valence-electron chi connectivity index (χ1n) is 6.41. The molecule has 2 heterocycles. The fourth-order valence-corrected chi connectivity index (χ4v) is 2.54. The van der Waals surface area contributed by atoms with Gasteiger partial charge in [-0.05, 0) is 6.92 Å². The Balaban J connectivity index is 2.13. The number of hydrogen-bond donors (Lipinski definition) is 2.